The van der Waals surface area contributed by atoms with Gasteiger partial charge >= 0.3 is 17.0 Å². The lowest BCUT2D eigenvalue weighted by molar-refractivity contribution is -0.380. The molecule has 1 saturated heterocycles. The predicted octanol–water partition coefficient (Wildman–Crippen LogP) is 0.752. The van der Waals surface area contributed by atoms with Crippen molar-refractivity contribution in [3.63, 3.8) is 0 Å². The van der Waals surface area contributed by atoms with E-state index in [4.69, 9.17) is 15.6 Å². The molecule has 1 fully saturated rings. The molecule has 0 unspecified atom stereocenters. The number of amides is 2. The first-order valence-electron chi connectivity index (χ1n) is 5.51. The first kappa shape index (κ1) is 15.9. The second kappa shape index (κ2) is 7.40. The molecule has 1 aliphatic rings. The Balaban J connectivity index is 0.000000204. The number of morpholine rings is 1. The summed E-state index contributed by atoms with van der Waals surface area (Å²) in [5.41, 5.74) is 5.00. The summed E-state index contributed by atoms with van der Waals surface area (Å²) in [7, 11) is 0. The standard InChI is InChI=1S/C5H10N2O2.C5H3NO4S/c6-5(8)7-1-3-9-4-2-7;7-5(8)3-1-2-4(11-3)6(9)10/h1-4H2,(H2,6,8);1-2H,(H,7,8). The molecule has 1 aromatic rings. The SMILES string of the molecule is NC(=O)N1CCOCC1.O=C(O)c1ccc([N+](=O)[O-])s1. The number of aromatic carboxylic acids is 1. The van der Waals surface area contributed by atoms with Gasteiger partial charge in [-0.05, 0) is 6.07 Å². The Bertz CT molecular complexity index is 468. The van der Waals surface area contributed by atoms with Crippen LogP contribution in [-0.2, 0) is 4.74 Å². The smallest absolute Gasteiger partial charge is 0.346 e. The van der Waals surface area contributed by atoms with Crippen molar-refractivity contribution in [2.75, 3.05) is 26.3 Å². The zero-order valence-corrected chi connectivity index (χ0v) is 11.2. The topological polar surface area (TPSA) is 136 Å². The van der Waals surface area contributed by atoms with Crippen molar-refractivity contribution in [2.24, 2.45) is 5.73 Å². The number of primary amides is 1. The first-order chi connectivity index (χ1) is 9.41. The number of carboxylic acid groups (broad SMARTS) is 1. The molecule has 0 atom stereocenters. The molecule has 110 valence electrons. The van der Waals surface area contributed by atoms with E-state index >= 15 is 0 Å². The van der Waals surface area contributed by atoms with Crippen LogP contribution in [0.3, 0.4) is 0 Å². The van der Waals surface area contributed by atoms with E-state index < -0.39 is 10.9 Å². The number of carboxylic acids is 1. The van der Waals surface area contributed by atoms with Crippen LogP contribution in [0.2, 0.25) is 0 Å². The van der Waals surface area contributed by atoms with Crippen LogP contribution < -0.4 is 5.73 Å². The summed E-state index contributed by atoms with van der Waals surface area (Å²) in [5, 5.41) is 18.3. The molecule has 2 rings (SSSR count). The minimum Gasteiger partial charge on any atom is -0.477 e. The van der Waals surface area contributed by atoms with Gasteiger partial charge in [-0.2, -0.15) is 0 Å². The predicted molar refractivity (Wildman–Crippen MR) is 69.9 cm³/mol. The summed E-state index contributed by atoms with van der Waals surface area (Å²) in [6, 6.07) is 2.04. The average Bonchev–Trinajstić information content (AvgIpc) is 2.90. The van der Waals surface area contributed by atoms with Crippen LogP contribution in [0.1, 0.15) is 9.67 Å². The molecule has 3 N–H and O–H groups in total. The lowest BCUT2D eigenvalue weighted by Crippen LogP contribution is -2.43. The molecule has 9 nitrogen and oxygen atoms in total. The lowest BCUT2D eigenvalue weighted by Gasteiger charge is -2.24. The number of hydrogen-bond donors (Lipinski definition) is 2. The highest BCUT2D eigenvalue weighted by Gasteiger charge is 2.13. The molecule has 10 heteroatoms. The Labute approximate surface area is 117 Å². The van der Waals surface area contributed by atoms with E-state index in [0.29, 0.717) is 37.6 Å². The molecular weight excluding hydrogens is 290 g/mol. The Morgan fingerprint density at radius 2 is 2.00 bits per heavy atom. The van der Waals surface area contributed by atoms with Gasteiger partial charge in [0.1, 0.15) is 4.88 Å². The normalized spacial score (nSPS) is 14.1. The third-order valence-corrected chi connectivity index (χ3v) is 3.33. The van der Waals surface area contributed by atoms with Gasteiger partial charge in [-0.25, -0.2) is 9.59 Å². The van der Waals surface area contributed by atoms with Crippen LogP contribution in [0.5, 0.6) is 0 Å². The van der Waals surface area contributed by atoms with Crippen LogP contribution in [0, 0.1) is 10.1 Å². The van der Waals surface area contributed by atoms with Crippen molar-refractivity contribution in [3.05, 3.63) is 27.1 Å². The summed E-state index contributed by atoms with van der Waals surface area (Å²) in [4.78, 5) is 31.7. The van der Waals surface area contributed by atoms with Gasteiger partial charge in [0, 0.05) is 19.2 Å². The number of nitrogens with zero attached hydrogens (tertiary/aromatic N) is 2. The third-order valence-electron chi connectivity index (χ3n) is 2.31. The number of hydrogen-bond acceptors (Lipinski definition) is 6. The second-order valence-electron chi connectivity index (χ2n) is 3.64. The largest absolute Gasteiger partial charge is 0.477 e. The minimum atomic E-state index is -1.14. The van der Waals surface area contributed by atoms with Gasteiger partial charge in [-0.15, -0.1) is 0 Å². The first-order valence-corrected chi connectivity index (χ1v) is 6.33. The molecule has 0 radical (unpaired) electrons. The fraction of sp³-hybridized carbons (Fsp3) is 0.400. The summed E-state index contributed by atoms with van der Waals surface area (Å²) < 4.78 is 5.00. The maximum atomic E-state index is 10.4. The van der Waals surface area contributed by atoms with E-state index in [9.17, 15) is 19.7 Å². The molecule has 2 amide bonds. The van der Waals surface area contributed by atoms with Crippen molar-refractivity contribution in [1.82, 2.24) is 4.90 Å². The molecular formula is C10H13N3O6S. The summed E-state index contributed by atoms with van der Waals surface area (Å²) >= 11 is 0.650. The molecule has 0 spiro atoms. The molecule has 1 aromatic heterocycles. The lowest BCUT2D eigenvalue weighted by atomic mass is 10.4. The minimum absolute atomic E-state index is 0.0169. The molecule has 20 heavy (non-hydrogen) atoms. The van der Waals surface area contributed by atoms with Gasteiger partial charge in [0.2, 0.25) is 0 Å². The number of nitrogens with two attached hydrogens (primary N) is 1. The number of ether oxygens (including phenoxy) is 1. The van der Waals surface area contributed by atoms with Crippen molar-refractivity contribution in [3.8, 4) is 0 Å². The van der Waals surface area contributed by atoms with Gasteiger partial charge in [0.15, 0.2) is 0 Å². The number of thiophene rings is 1. The zero-order chi connectivity index (χ0) is 15.1. The number of carbonyl (C=O) groups excluding carboxylic acids is 1. The maximum absolute atomic E-state index is 10.4. The van der Waals surface area contributed by atoms with Crippen LogP contribution >= 0.6 is 11.3 Å². The van der Waals surface area contributed by atoms with Crippen LogP contribution in [0.15, 0.2) is 12.1 Å². The van der Waals surface area contributed by atoms with Crippen LogP contribution in [0.4, 0.5) is 9.80 Å². The summed E-state index contributed by atoms with van der Waals surface area (Å²) in [6.07, 6.45) is 0. The van der Waals surface area contributed by atoms with Crippen molar-refractivity contribution < 1.29 is 24.4 Å². The molecule has 0 bridgehead atoms. The Kier molecular flexibility index (Phi) is 5.87. The summed E-state index contributed by atoms with van der Waals surface area (Å²) in [6.45, 7) is 2.50. The number of nitro groups is 1. The number of rotatable bonds is 2. The molecule has 1 aliphatic heterocycles. The van der Waals surface area contributed by atoms with E-state index in [0.717, 1.165) is 0 Å². The quantitative estimate of drug-likeness (QED) is 0.611. The second-order valence-corrected chi connectivity index (χ2v) is 4.70. The molecule has 2 heterocycles. The van der Waals surface area contributed by atoms with E-state index in [1.807, 2.05) is 0 Å². The molecule has 0 saturated carbocycles. The zero-order valence-electron chi connectivity index (χ0n) is 10.4. The highest BCUT2D eigenvalue weighted by Crippen LogP contribution is 2.23. The van der Waals surface area contributed by atoms with Crippen LogP contribution in [-0.4, -0.2) is 53.2 Å². The highest BCUT2D eigenvalue weighted by molar-refractivity contribution is 7.17. The Morgan fingerprint density at radius 1 is 1.40 bits per heavy atom. The van der Waals surface area contributed by atoms with Gasteiger partial charge < -0.3 is 20.5 Å². The fourth-order valence-corrected chi connectivity index (χ4v) is 1.98. The van der Waals surface area contributed by atoms with Gasteiger partial charge in [0.25, 0.3) is 0 Å². The number of carbonyl (C=O) groups is 2. The van der Waals surface area contributed by atoms with E-state index in [2.05, 4.69) is 0 Å². The molecule has 0 aliphatic carbocycles. The number of urea groups is 1. The van der Waals surface area contributed by atoms with Crippen molar-refractivity contribution in [1.29, 1.82) is 0 Å². The Hall–Kier alpha value is -2.20. The average molecular weight is 303 g/mol. The van der Waals surface area contributed by atoms with Crippen molar-refractivity contribution >= 4 is 28.3 Å². The van der Waals surface area contributed by atoms with E-state index in [-0.39, 0.29) is 15.9 Å². The monoisotopic (exact) mass is 303 g/mol. The fourth-order valence-electron chi connectivity index (χ4n) is 1.32. The van der Waals surface area contributed by atoms with Crippen molar-refractivity contribution in [2.45, 2.75) is 0 Å². The maximum Gasteiger partial charge on any atom is 0.346 e. The Morgan fingerprint density at radius 3 is 2.30 bits per heavy atom. The third kappa shape index (κ3) is 4.82. The summed E-state index contributed by atoms with van der Waals surface area (Å²) in [5.74, 6) is -1.14. The highest BCUT2D eigenvalue weighted by atomic mass is 32.1. The van der Waals surface area contributed by atoms with E-state index in [1.54, 1.807) is 4.90 Å². The van der Waals surface area contributed by atoms with Crippen LogP contribution in [0.25, 0.3) is 0 Å². The van der Waals surface area contributed by atoms with Gasteiger partial charge in [0.05, 0.1) is 18.1 Å². The van der Waals surface area contributed by atoms with E-state index in [1.165, 1.54) is 12.1 Å². The van der Waals surface area contributed by atoms with Gasteiger partial charge in [-0.3, -0.25) is 10.1 Å². The molecule has 0 aromatic carbocycles. The van der Waals surface area contributed by atoms with Gasteiger partial charge in [-0.1, -0.05) is 11.3 Å².